The number of carbonyl (C=O) groups excluding carboxylic acids is 1. The Morgan fingerprint density at radius 1 is 1.40 bits per heavy atom. The molecule has 0 aliphatic rings. The van der Waals surface area contributed by atoms with Gasteiger partial charge >= 0.3 is 51.4 Å². The summed E-state index contributed by atoms with van der Waals surface area (Å²) in [6, 6.07) is 0. The molecule has 0 rings (SSSR count). The largest absolute Gasteiger partial charge is 1.00 e. The van der Waals surface area contributed by atoms with Crippen LogP contribution < -0.4 is 56.7 Å². The average molecular weight is 169 g/mol. The summed E-state index contributed by atoms with van der Waals surface area (Å²) in [5.74, 6) is 0.180. The summed E-state index contributed by atoms with van der Waals surface area (Å²) < 4.78 is 0. The van der Waals surface area contributed by atoms with Gasteiger partial charge in [-0.25, -0.2) is 0 Å². The summed E-state index contributed by atoms with van der Waals surface area (Å²) in [6.07, 6.45) is 2.63. The first-order valence-corrected chi connectivity index (χ1v) is 3.58. The van der Waals surface area contributed by atoms with Crippen LogP contribution in [0, 0.1) is 0 Å². The monoisotopic (exact) mass is 169 g/mol. The van der Waals surface area contributed by atoms with E-state index in [-0.39, 0.29) is 58.7 Å². The topological polar surface area (TPSA) is 29.1 Å². The van der Waals surface area contributed by atoms with Crippen LogP contribution >= 0.6 is 0 Å². The first kappa shape index (κ1) is 13.7. The third-order valence-electron chi connectivity index (χ3n) is 1.05. The van der Waals surface area contributed by atoms with Gasteiger partial charge in [0.1, 0.15) is 0 Å². The molecule has 0 spiro atoms. The second-order valence-corrected chi connectivity index (χ2v) is 2.10. The van der Waals surface area contributed by atoms with Gasteiger partial charge in [0.2, 0.25) is 5.91 Å². The van der Waals surface area contributed by atoms with Crippen molar-refractivity contribution in [3.63, 3.8) is 0 Å². The van der Waals surface area contributed by atoms with Crippen molar-refractivity contribution in [2.24, 2.45) is 0 Å². The molecule has 3 heteroatoms. The third-order valence-corrected chi connectivity index (χ3v) is 1.05. The molecule has 0 aromatic rings. The van der Waals surface area contributed by atoms with Crippen molar-refractivity contribution >= 4 is 5.91 Å². The van der Waals surface area contributed by atoms with Crippen LogP contribution in [0.25, 0.3) is 0 Å². The van der Waals surface area contributed by atoms with E-state index in [1.54, 1.807) is 0 Å². The molecule has 1 amide bonds. The maximum absolute atomic E-state index is 10.7. The molecule has 0 atom stereocenters. The zero-order valence-corrected chi connectivity index (χ0v) is 10.4. The number of amides is 1. The van der Waals surface area contributed by atoms with Gasteiger partial charge in [0.15, 0.2) is 0 Å². The van der Waals surface area contributed by atoms with E-state index in [0.717, 1.165) is 19.4 Å². The zero-order valence-electron chi connectivity index (χ0n) is 8.24. The minimum absolute atomic E-state index is 0. The Morgan fingerprint density at radius 3 is 2.40 bits per heavy atom. The molecule has 10 heavy (non-hydrogen) atoms. The van der Waals surface area contributed by atoms with Gasteiger partial charge in [-0.05, 0) is 12.8 Å². The van der Waals surface area contributed by atoms with Crippen LogP contribution in [0.5, 0.6) is 0 Å². The number of nitrogens with one attached hydrogen (secondary N) is 1. The minimum atomic E-state index is 0. The van der Waals surface area contributed by atoms with Gasteiger partial charge in [0.05, 0.1) is 0 Å². The molecular weight excluding hydrogens is 153 g/mol. The van der Waals surface area contributed by atoms with Gasteiger partial charge in [-0.3, -0.25) is 4.79 Å². The van der Waals surface area contributed by atoms with E-state index in [4.69, 9.17) is 0 Å². The molecule has 0 aliphatic carbocycles. The predicted octanol–water partition coefficient (Wildman–Crippen LogP) is -1.57. The molecule has 0 saturated carbocycles. The standard InChI is InChI=1S/C7H15NO.K.H/c1-3-5-7(9)8-6-4-2;;/h3-6H2,1-2H3,(H,8,9);;/q;+1;-1. The van der Waals surface area contributed by atoms with Crippen molar-refractivity contribution in [2.45, 2.75) is 33.1 Å². The Labute approximate surface area is 107 Å². The van der Waals surface area contributed by atoms with Crippen molar-refractivity contribution < 1.29 is 57.6 Å². The average Bonchev–Trinajstić information content (AvgIpc) is 1.85. The first-order chi connectivity index (χ1) is 4.31. The van der Waals surface area contributed by atoms with Crippen LogP contribution in [-0.2, 0) is 4.79 Å². The quantitative estimate of drug-likeness (QED) is 0.506. The molecule has 0 heterocycles. The van der Waals surface area contributed by atoms with Crippen LogP contribution in [0.3, 0.4) is 0 Å². The Morgan fingerprint density at radius 2 is 2.00 bits per heavy atom. The van der Waals surface area contributed by atoms with Crippen molar-refractivity contribution in [1.82, 2.24) is 5.32 Å². The van der Waals surface area contributed by atoms with E-state index < -0.39 is 0 Å². The van der Waals surface area contributed by atoms with Crippen LogP contribution in [0.2, 0.25) is 0 Å². The molecule has 56 valence electrons. The molecular formula is C7H16KNO. The van der Waals surface area contributed by atoms with Gasteiger partial charge < -0.3 is 6.74 Å². The smallest absolute Gasteiger partial charge is 1.00 e. The third kappa shape index (κ3) is 9.11. The molecule has 0 aromatic heterocycles. The summed E-state index contributed by atoms with van der Waals surface area (Å²) >= 11 is 0. The van der Waals surface area contributed by atoms with E-state index in [0.29, 0.717) is 6.42 Å². The Hall–Kier alpha value is 1.11. The molecule has 2 nitrogen and oxygen atoms in total. The van der Waals surface area contributed by atoms with Gasteiger partial charge in [-0.15, -0.1) is 0 Å². The minimum Gasteiger partial charge on any atom is -1.00 e. The summed E-state index contributed by atoms with van der Waals surface area (Å²) in [6.45, 7) is 4.87. The van der Waals surface area contributed by atoms with E-state index in [9.17, 15) is 4.79 Å². The fourth-order valence-corrected chi connectivity index (χ4v) is 0.580. The molecule has 0 aliphatic heterocycles. The molecule has 0 bridgehead atoms. The SMILES string of the molecule is CCCNC(=O)CCC.[H-].[K+]. The van der Waals surface area contributed by atoms with E-state index in [1.807, 2.05) is 13.8 Å². The van der Waals surface area contributed by atoms with Gasteiger partial charge in [0, 0.05) is 13.0 Å². The number of hydrogen-bond donors (Lipinski definition) is 1. The van der Waals surface area contributed by atoms with Gasteiger partial charge in [-0.1, -0.05) is 13.8 Å². The predicted molar refractivity (Wildman–Crippen MR) is 39.3 cm³/mol. The Kier molecular flexibility index (Phi) is 13.8. The fraction of sp³-hybridized carbons (Fsp3) is 0.857. The van der Waals surface area contributed by atoms with Crippen molar-refractivity contribution in [3.8, 4) is 0 Å². The van der Waals surface area contributed by atoms with Crippen LogP contribution in [0.15, 0.2) is 0 Å². The van der Waals surface area contributed by atoms with Gasteiger partial charge in [-0.2, -0.15) is 0 Å². The van der Waals surface area contributed by atoms with Crippen LogP contribution in [-0.4, -0.2) is 12.5 Å². The van der Waals surface area contributed by atoms with Crippen molar-refractivity contribution in [1.29, 1.82) is 0 Å². The summed E-state index contributed by atoms with van der Waals surface area (Å²) in [7, 11) is 0. The summed E-state index contributed by atoms with van der Waals surface area (Å²) in [5, 5.41) is 2.79. The second-order valence-electron chi connectivity index (χ2n) is 2.10. The molecule has 0 unspecified atom stereocenters. The van der Waals surface area contributed by atoms with Crippen LogP contribution in [0.4, 0.5) is 0 Å². The van der Waals surface area contributed by atoms with Crippen LogP contribution in [0.1, 0.15) is 34.5 Å². The normalized spacial score (nSPS) is 8.20. The number of hydrogen-bond acceptors (Lipinski definition) is 1. The van der Waals surface area contributed by atoms with Gasteiger partial charge in [0.25, 0.3) is 0 Å². The maximum Gasteiger partial charge on any atom is 1.00 e. The van der Waals surface area contributed by atoms with E-state index in [1.165, 1.54) is 0 Å². The van der Waals surface area contributed by atoms with E-state index >= 15 is 0 Å². The Balaban J connectivity index is -0.000000320. The van der Waals surface area contributed by atoms with E-state index in [2.05, 4.69) is 5.32 Å². The van der Waals surface area contributed by atoms with Crippen molar-refractivity contribution in [3.05, 3.63) is 0 Å². The maximum atomic E-state index is 10.7. The first-order valence-electron chi connectivity index (χ1n) is 3.58. The second kappa shape index (κ2) is 10.1. The molecule has 1 N–H and O–H groups in total. The zero-order chi connectivity index (χ0) is 7.11. The fourth-order valence-electron chi connectivity index (χ4n) is 0.580. The Bertz CT molecular complexity index is 90.5. The molecule has 0 aromatic carbocycles. The molecule has 0 fully saturated rings. The number of rotatable bonds is 4. The summed E-state index contributed by atoms with van der Waals surface area (Å²) in [5.41, 5.74) is 0. The molecule has 0 radical (unpaired) electrons. The molecule has 0 saturated heterocycles. The van der Waals surface area contributed by atoms with Crippen molar-refractivity contribution in [2.75, 3.05) is 6.54 Å². The summed E-state index contributed by atoms with van der Waals surface area (Å²) in [4.78, 5) is 10.7. The number of carbonyl (C=O) groups is 1.